The molecule has 0 saturated heterocycles. The lowest BCUT2D eigenvalue weighted by Crippen LogP contribution is -2.53. The fourth-order valence-electron chi connectivity index (χ4n) is 4.78. The van der Waals surface area contributed by atoms with Crippen LogP contribution in [-0.4, -0.2) is 50.9 Å². The van der Waals surface area contributed by atoms with Crippen LogP contribution in [0.15, 0.2) is 114 Å². The number of hydrogen-bond acceptors (Lipinski definition) is 5. The van der Waals surface area contributed by atoms with Crippen molar-refractivity contribution in [1.29, 1.82) is 0 Å². The number of sulfonamides is 1. The standard InChI is InChI=1S/C34H36FN3O5S/c1-3-36-34(40)32(23-26-13-7-5-8-14-26)37(24-27-15-11-12-18-31(27)35)33(39)25-38(28-19-21-29(22-20-28)43-4-2)44(41,42)30-16-9-6-10-17-30/h5-22,32H,3-4,23-25H2,1-2H3,(H,36,40)/t32-/m1/s1. The van der Waals surface area contributed by atoms with Crippen LogP contribution < -0.4 is 14.4 Å². The molecule has 0 aliphatic rings. The molecule has 1 N–H and O–H groups in total. The Bertz CT molecular complexity index is 1630. The molecule has 2 amide bonds. The summed E-state index contributed by atoms with van der Waals surface area (Å²) in [6.07, 6.45) is 0.140. The van der Waals surface area contributed by atoms with Crippen LogP contribution in [0.3, 0.4) is 0 Å². The van der Waals surface area contributed by atoms with Gasteiger partial charge in [-0.3, -0.25) is 13.9 Å². The molecule has 0 spiro atoms. The molecule has 0 radical (unpaired) electrons. The van der Waals surface area contributed by atoms with Crippen LogP contribution in [0, 0.1) is 5.82 Å². The second-order valence-corrected chi connectivity index (χ2v) is 11.8. The van der Waals surface area contributed by atoms with Crippen LogP contribution in [0.5, 0.6) is 5.75 Å². The molecular weight excluding hydrogens is 581 g/mol. The number of amides is 2. The normalized spacial score (nSPS) is 11.8. The first-order chi connectivity index (χ1) is 21.2. The maximum atomic E-state index is 14.9. The van der Waals surface area contributed by atoms with Gasteiger partial charge in [-0.05, 0) is 61.9 Å². The van der Waals surface area contributed by atoms with Gasteiger partial charge < -0.3 is 15.0 Å². The topological polar surface area (TPSA) is 96.0 Å². The number of halogens is 1. The molecule has 4 rings (SSSR count). The van der Waals surface area contributed by atoms with Gasteiger partial charge in [0.15, 0.2) is 0 Å². The second kappa shape index (κ2) is 15.2. The van der Waals surface area contributed by atoms with Gasteiger partial charge in [0, 0.05) is 25.1 Å². The Morgan fingerprint density at radius 1 is 0.841 bits per heavy atom. The first-order valence-corrected chi connectivity index (χ1v) is 15.8. The lowest BCUT2D eigenvalue weighted by atomic mass is 10.0. The van der Waals surface area contributed by atoms with Crippen LogP contribution in [0.2, 0.25) is 0 Å². The summed E-state index contributed by atoms with van der Waals surface area (Å²) in [6.45, 7) is 3.46. The molecule has 4 aromatic rings. The summed E-state index contributed by atoms with van der Waals surface area (Å²) >= 11 is 0. The highest BCUT2D eigenvalue weighted by Crippen LogP contribution is 2.27. The number of carbonyl (C=O) groups excluding carboxylic acids is 2. The fraction of sp³-hybridized carbons (Fsp3) is 0.235. The van der Waals surface area contributed by atoms with E-state index in [1.54, 1.807) is 55.5 Å². The zero-order valence-electron chi connectivity index (χ0n) is 24.7. The highest BCUT2D eigenvalue weighted by atomic mass is 32.2. The van der Waals surface area contributed by atoms with Crippen molar-refractivity contribution >= 4 is 27.5 Å². The summed E-state index contributed by atoms with van der Waals surface area (Å²) in [5.41, 5.74) is 1.21. The maximum absolute atomic E-state index is 14.9. The molecule has 8 nitrogen and oxygen atoms in total. The van der Waals surface area contributed by atoms with Gasteiger partial charge in [-0.25, -0.2) is 12.8 Å². The Hall–Kier alpha value is -4.70. The third kappa shape index (κ3) is 8.02. The van der Waals surface area contributed by atoms with Crippen molar-refractivity contribution in [3.63, 3.8) is 0 Å². The molecule has 10 heteroatoms. The van der Waals surface area contributed by atoms with E-state index in [0.29, 0.717) is 18.9 Å². The van der Waals surface area contributed by atoms with Crippen molar-refractivity contribution in [3.8, 4) is 5.75 Å². The minimum Gasteiger partial charge on any atom is -0.494 e. The van der Waals surface area contributed by atoms with Crippen LogP contribution in [-0.2, 0) is 32.6 Å². The molecule has 0 unspecified atom stereocenters. The summed E-state index contributed by atoms with van der Waals surface area (Å²) < 4.78 is 49.5. The summed E-state index contributed by atoms with van der Waals surface area (Å²) in [4.78, 5) is 29.1. The van der Waals surface area contributed by atoms with Gasteiger partial charge in [-0.15, -0.1) is 0 Å². The molecule has 4 aromatic carbocycles. The van der Waals surface area contributed by atoms with E-state index >= 15 is 0 Å². The van der Waals surface area contributed by atoms with Gasteiger partial charge in [0.25, 0.3) is 10.0 Å². The Labute approximate surface area is 258 Å². The van der Waals surface area contributed by atoms with Crippen molar-refractivity contribution in [3.05, 3.63) is 126 Å². The number of hydrogen-bond donors (Lipinski definition) is 1. The van der Waals surface area contributed by atoms with E-state index < -0.39 is 40.2 Å². The minimum absolute atomic E-state index is 0.00750. The summed E-state index contributed by atoms with van der Waals surface area (Å²) in [5.74, 6) is -1.10. The highest BCUT2D eigenvalue weighted by Gasteiger charge is 2.34. The Kier molecular flexibility index (Phi) is 11.1. The van der Waals surface area contributed by atoms with Crippen molar-refractivity contribution < 1.29 is 27.1 Å². The van der Waals surface area contributed by atoms with Gasteiger partial charge in [0.1, 0.15) is 24.2 Å². The Balaban J connectivity index is 1.79. The van der Waals surface area contributed by atoms with Gasteiger partial charge in [-0.1, -0.05) is 66.7 Å². The SMILES string of the molecule is CCNC(=O)[C@@H](Cc1ccccc1)N(Cc1ccccc1F)C(=O)CN(c1ccc(OCC)cc1)S(=O)(=O)c1ccccc1. The second-order valence-electron chi connectivity index (χ2n) is 9.96. The summed E-state index contributed by atoms with van der Waals surface area (Å²) in [6, 6.07) is 28.3. The third-order valence-electron chi connectivity index (χ3n) is 6.97. The van der Waals surface area contributed by atoms with Crippen LogP contribution in [0.25, 0.3) is 0 Å². The Morgan fingerprint density at radius 3 is 2.07 bits per heavy atom. The number of nitrogens with zero attached hydrogens (tertiary/aromatic N) is 2. The van der Waals surface area contributed by atoms with E-state index in [1.807, 2.05) is 37.3 Å². The molecule has 0 heterocycles. The molecular formula is C34H36FN3O5S. The summed E-state index contributed by atoms with van der Waals surface area (Å²) in [5, 5.41) is 2.79. The quantitative estimate of drug-likeness (QED) is 0.210. The minimum atomic E-state index is -4.23. The van der Waals surface area contributed by atoms with Gasteiger partial charge in [0.2, 0.25) is 11.8 Å². The number of benzene rings is 4. The number of rotatable bonds is 14. The molecule has 44 heavy (non-hydrogen) atoms. The first-order valence-electron chi connectivity index (χ1n) is 14.4. The van der Waals surface area contributed by atoms with E-state index in [-0.39, 0.29) is 29.1 Å². The zero-order valence-corrected chi connectivity index (χ0v) is 25.5. The lowest BCUT2D eigenvalue weighted by molar-refractivity contribution is -0.140. The largest absolute Gasteiger partial charge is 0.494 e. The Morgan fingerprint density at radius 2 is 1.45 bits per heavy atom. The summed E-state index contributed by atoms with van der Waals surface area (Å²) in [7, 11) is -4.23. The molecule has 0 aliphatic heterocycles. The van der Waals surface area contributed by atoms with E-state index in [4.69, 9.17) is 4.74 Å². The van der Waals surface area contributed by atoms with Crippen molar-refractivity contribution in [2.24, 2.45) is 0 Å². The van der Waals surface area contributed by atoms with Crippen LogP contribution in [0.1, 0.15) is 25.0 Å². The third-order valence-corrected chi connectivity index (χ3v) is 8.75. The number of nitrogens with one attached hydrogen (secondary N) is 1. The molecule has 230 valence electrons. The van der Waals surface area contributed by atoms with Crippen molar-refractivity contribution in [2.45, 2.75) is 37.8 Å². The molecule has 0 aromatic heterocycles. The maximum Gasteiger partial charge on any atom is 0.264 e. The number of ether oxygens (including phenoxy) is 1. The average Bonchev–Trinajstić information content (AvgIpc) is 3.04. The molecule has 0 bridgehead atoms. The monoisotopic (exact) mass is 617 g/mol. The molecule has 1 atom stereocenters. The van der Waals surface area contributed by atoms with Crippen LogP contribution >= 0.6 is 0 Å². The number of carbonyl (C=O) groups is 2. The predicted molar refractivity (Wildman–Crippen MR) is 168 cm³/mol. The molecule has 0 fully saturated rings. The number of anilines is 1. The van der Waals surface area contributed by atoms with Gasteiger partial charge >= 0.3 is 0 Å². The van der Waals surface area contributed by atoms with Crippen molar-refractivity contribution in [2.75, 3.05) is 24.0 Å². The average molecular weight is 618 g/mol. The smallest absolute Gasteiger partial charge is 0.264 e. The number of likely N-dealkylation sites (N-methyl/N-ethyl adjacent to an activating group) is 1. The van der Waals surface area contributed by atoms with E-state index in [1.165, 1.54) is 35.2 Å². The van der Waals surface area contributed by atoms with E-state index in [0.717, 1.165) is 9.87 Å². The lowest BCUT2D eigenvalue weighted by Gasteiger charge is -2.34. The van der Waals surface area contributed by atoms with E-state index in [2.05, 4.69) is 5.32 Å². The van der Waals surface area contributed by atoms with E-state index in [9.17, 15) is 22.4 Å². The van der Waals surface area contributed by atoms with Gasteiger partial charge in [-0.2, -0.15) is 0 Å². The van der Waals surface area contributed by atoms with Gasteiger partial charge in [0.05, 0.1) is 17.2 Å². The molecule has 0 saturated carbocycles. The highest BCUT2D eigenvalue weighted by molar-refractivity contribution is 7.92. The van der Waals surface area contributed by atoms with Crippen LogP contribution in [0.4, 0.5) is 10.1 Å². The predicted octanol–water partition coefficient (Wildman–Crippen LogP) is 5.20. The molecule has 0 aliphatic carbocycles. The first kappa shape index (κ1) is 32.2. The fourth-order valence-corrected chi connectivity index (χ4v) is 6.22. The zero-order chi connectivity index (χ0) is 31.5. The van der Waals surface area contributed by atoms with Crippen molar-refractivity contribution in [1.82, 2.24) is 10.2 Å².